The Bertz CT molecular complexity index is 385. The zero-order chi connectivity index (χ0) is 14.3. The van der Waals surface area contributed by atoms with Crippen molar-refractivity contribution in [3.05, 3.63) is 29.8 Å². The summed E-state index contributed by atoms with van der Waals surface area (Å²) in [5, 5.41) is 3.07. The number of carbonyl (C=O) groups excluding carboxylic acids is 1. The fraction of sp³-hybridized carbons (Fsp3) is 0.562. The molecule has 3 nitrogen and oxygen atoms in total. The fourth-order valence-electron chi connectivity index (χ4n) is 2.29. The molecule has 0 spiro atoms. The molecular formula is C16H26N2O. The number of hydrogen-bond acceptors (Lipinski definition) is 2. The van der Waals surface area contributed by atoms with Gasteiger partial charge in [-0.25, -0.2) is 0 Å². The van der Waals surface area contributed by atoms with Crippen molar-refractivity contribution in [2.75, 3.05) is 12.3 Å². The first kappa shape index (κ1) is 15.5. The van der Waals surface area contributed by atoms with Crippen LogP contribution in [0.15, 0.2) is 24.3 Å². The van der Waals surface area contributed by atoms with E-state index in [1.54, 1.807) is 0 Å². The summed E-state index contributed by atoms with van der Waals surface area (Å²) in [4.78, 5) is 11.9. The molecular weight excluding hydrogens is 236 g/mol. The van der Waals surface area contributed by atoms with Crippen molar-refractivity contribution in [1.29, 1.82) is 0 Å². The van der Waals surface area contributed by atoms with E-state index in [4.69, 9.17) is 5.73 Å². The lowest BCUT2D eigenvalue weighted by Gasteiger charge is -2.30. The van der Waals surface area contributed by atoms with Crippen molar-refractivity contribution < 1.29 is 4.79 Å². The van der Waals surface area contributed by atoms with E-state index < -0.39 is 0 Å². The second-order valence-corrected chi connectivity index (χ2v) is 5.26. The Kier molecular flexibility index (Phi) is 5.87. The molecule has 0 bridgehead atoms. The topological polar surface area (TPSA) is 55.1 Å². The van der Waals surface area contributed by atoms with Crippen LogP contribution in [0.5, 0.6) is 0 Å². The minimum Gasteiger partial charge on any atom is -0.399 e. The van der Waals surface area contributed by atoms with Crippen molar-refractivity contribution in [2.45, 2.75) is 46.5 Å². The van der Waals surface area contributed by atoms with E-state index >= 15 is 0 Å². The number of rotatable bonds is 7. The number of nitrogens with one attached hydrogen (secondary N) is 1. The van der Waals surface area contributed by atoms with Crippen LogP contribution in [0.1, 0.15) is 45.6 Å². The van der Waals surface area contributed by atoms with Crippen molar-refractivity contribution in [3.8, 4) is 0 Å². The van der Waals surface area contributed by atoms with Gasteiger partial charge in [-0.05, 0) is 42.4 Å². The zero-order valence-corrected chi connectivity index (χ0v) is 12.3. The molecule has 1 amide bonds. The number of benzene rings is 1. The molecule has 0 radical (unpaired) electrons. The van der Waals surface area contributed by atoms with Gasteiger partial charge in [0, 0.05) is 12.2 Å². The molecule has 0 aliphatic heterocycles. The van der Waals surface area contributed by atoms with Gasteiger partial charge in [-0.2, -0.15) is 0 Å². The van der Waals surface area contributed by atoms with Gasteiger partial charge in [0.15, 0.2) is 0 Å². The highest BCUT2D eigenvalue weighted by Crippen LogP contribution is 2.29. The van der Waals surface area contributed by atoms with E-state index in [1.165, 1.54) is 0 Å². The van der Waals surface area contributed by atoms with Crippen LogP contribution >= 0.6 is 0 Å². The van der Waals surface area contributed by atoms with Gasteiger partial charge in [0.1, 0.15) is 0 Å². The van der Waals surface area contributed by atoms with E-state index in [9.17, 15) is 4.79 Å². The van der Waals surface area contributed by atoms with Crippen molar-refractivity contribution in [2.24, 2.45) is 5.41 Å². The fourth-order valence-corrected chi connectivity index (χ4v) is 2.29. The molecule has 3 heteroatoms. The van der Waals surface area contributed by atoms with Gasteiger partial charge in [0.2, 0.25) is 5.91 Å². The minimum atomic E-state index is 0.0875. The molecule has 0 unspecified atom stereocenters. The molecule has 0 aromatic heterocycles. The van der Waals surface area contributed by atoms with E-state index in [2.05, 4.69) is 26.1 Å². The molecule has 3 N–H and O–H groups in total. The van der Waals surface area contributed by atoms with Crippen LogP contribution < -0.4 is 11.1 Å². The molecule has 1 aromatic rings. The standard InChI is InChI=1S/C16H26N2O/c1-4-16(5-2,6-3)12-18-15(19)11-13-7-9-14(17)10-8-13/h7-10H,4-6,11-12,17H2,1-3H3,(H,18,19). The summed E-state index contributed by atoms with van der Waals surface area (Å²) < 4.78 is 0. The Morgan fingerprint density at radius 3 is 2.11 bits per heavy atom. The quantitative estimate of drug-likeness (QED) is 0.742. The zero-order valence-electron chi connectivity index (χ0n) is 12.3. The van der Waals surface area contributed by atoms with E-state index in [0.717, 1.165) is 37.1 Å². The average molecular weight is 262 g/mol. The van der Waals surface area contributed by atoms with E-state index in [0.29, 0.717) is 6.42 Å². The Hall–Kier alpha value is -1.51. The Labute approximate surface area is 116 Å². The maximum atomic E-state index is 11.9. The molecule has 0 atom stereocenters. The van der Waals surface area contributed by atoms with Gasteiger partial charge in [0.05, 0.1) is 6.42 Å². The number of hydrogen-bond donors (Lipinski definition) is 2. The van der Waals surface area contributed by atoms with E-state index in [-0.39, 0.29) is 11.3 Å². The highest BCUT2D eigenvalue weighted by atomic mass is 16.1. The molecule has 0 saturated carbocycles. The monoisotopic (exact) mass is 262 g/mol. The van der Waals surface area contributed by atoms with Crippen molar-refractivity contribution in [3.63, 3.8) is 0 Å². The molecule has 1 rings (SSSR count). The van der Waals surface area contributed by atoms with Crippen molar-refractivity contribution >= 4 is 11.6 Å². The summed E-state index contributed by atoms with van der Waals surface area (Å²) >= 11 is 0. The third kappa shape index (κ3) is 4.58. The first-order valence-corrected chi connectivity index (χ1v) is 7.16. The minimum absolute atomic E-state index is 0.0875. The summed E-state index contributed by atoms with van der Waals surface area (Å²) in [6.07, 6.45) is 3.72. The van der Waals surface area contributed by atoms with Gasteiger partial charge < -0.3 is 11.1 Å². The second kappa shape index (κ2) is 7.17. The smallest absolute Gasteiger partial charge is 0.224 e. The Morgan fingerprint density at radius 1 is 1.11 bits per heavy atom. The SMILES string of the molecule is CCC(CC)(CC)CNC(=O)Cc1ccc(N)cc1. The van der Waals surface area contributed by atoms with Crippen LogP contribution in [0.4, 0.5) is 5.69 Å². The lowest BCUT2D eigenvalue weighted by molar-refractivity contribution is -0.121. The first-order valence-electron chi connectivity index (χ1n) is 7.16. The highest BCUT2D eigenvalue weighted by molar-refractivity contribution is 5.78. The molecule has 0 aliphatic rings. The van der Waals surface area contributed by atoms with Gasteiger partial charge >= 0.3 is 0 Å². The molecule has 0 aliphatic carbocycles. The predicted molar refractivity (Wildman–Crippen MR) is 80.9 cm³/mol. The maximum Gasteiger partial charge on any atom is 0.224 e. The number of amides is 1. The normalized spacial score (nSPS) is 11.3. The van der Waals surface area contributed by atoms with Gasteiger partial charge in [-0.15, -0.1) is 0 Å². The maximum absolute atomic E-state index is 11.9. The van der Waals surface area contributed by atoms with Crippen molar-refractivity contribution in [1.82, 2.24) is 5.32 Å². The average Bonchev–Trinajstić information content (AvgIpc) is 2.44. The van der Waals surface area contributed by atoms with E-state index in [1.807, 2.05) is 24.3 Å². The third-order valence-electron chi connectivity index (χ3n) is 4.25. The number of nitrogen functional groups attached to an aromatic ring is 1. The molecule has 0 heterocycles. The lowest BCUT2D eigenvalue weighted by atomic mass is 9.80. The highest BCUT2D eigenvalue weighted by Gasteiger charge is 2.24. The lowest BCUT2D eigenvalue weighted by Crippen LogP contribution is -2.37. The molecule has 19 heavy (non-hydrogen) atoms. The molecule has 0 saturated heterocycles. The summed E-state index contributed by atoms with van der Waals surface area (Å²) in [6.45, 7) is 7.35. The van der Waals surface area contributed by atoms with Gasteiger partial charge in [0.25, 0.3) is 0 Å². The summed E-state index contributed by atoms with van der Waals surface area (Å²) in [5.41, 5.74) is 7.60. The molecule has 106 valence electrons. The summed E-state index contributed by atoms with van der Waals surface area (Å²) in [5.74, 6) is 0.0875. The van der Waals surface area contributed by atoms with Crippen LogP contribution in [0.2, 0.25) is 0 Å². The van der Waals surface area contributed by atoms with Crippen LogP contribution in [-0.4, -0.2) is 12.5 Å². The predicted octanol–water partition coefficient (Wildman–Crippen LogP) is 3.14. The van der Waals surface area contributed by atoms with Crippen LogP contribution in [0, 0.1) is 5.41 Å². The summed E-state index contributed by atoms with van der Waals surface area (Å²) in [7, 11) is 0. The number of anilines is 1. The number of carbonyl (C=O) groups is 1. The van der Waals surface area contributed by atoms with Crippen LogP contribution in [-0.2, 0) is 11.2 Å². The third-order valence-corrected chi connectivity index (χ3v) is 4.25. The largest absolute Gasteiger partial charge is 0.399 e. The van der Waals surface area contributed by atoms with Gasteiger partial charge in [-0.3, -0.25) is 4.79 Å². The Balaban J connectivity index is 2.49. The second-order valence-electron chi connectivity index (χ2n) is 5.26. The number of nitrogens with two attached hydrogens (primary N) is 1. The van der Waals surface area contributed by atoms with Crippen LogP contribution in [0.3, 0.4) is 0 Å². The van der Waals surface area contributed by atoms with Gasteiger partial charge in [-0.1, -0.05) is 32.9 Å². The molecule has 1 aromatic carbocycles. The molecule has 0 fully saturated rings. The van der Waals surface area contributed by atoms with Crippen LogP contribution in [0.25, 0.3) is 0 Å². The Morgan fingerprint density at radius 2 is 1.63 bits per heavy atom. The first-order chi connectivity index (χ1) is 9.05. The summed E-state index contributed by atoms with van der Waals surface area (Å²) in [6, 6.07) is 7.47.